The third-order valence-corrected chi connectivity index (χ3v) is 2.77. The van der Waals surface area contributed by atoms with Crippen LogP contribution in [0, 0.1) is 5.92 Å². The summed E-state index contributed by atoms with van der Waals surface area (Å²) in [5.74, 6) is -3.24. The van der Waals surface area contributed by atoms with Crippen molar-refractivity contribution < 1.29 is 14.7 Å². The summed E-state index contributed by atoms with van der Waals surface area (Å²) < 4.78 is 0. The standard InChI is InChI=1S/C12H15NO3/c1-12(2,8-6-4-3-5-7-8)9(10(13)14)11(15)16/h3-7,9H,1-2H3,(H2,13,14)(H,15,16). The van der Waals surface area contributed by atoms with Crippen LogP contribution in [0.3, 0.4) is 0 Å². The first-order chi connectivity index (χ1) is 7.37. The van der Waals surface area contributed by atoms with Gasteiger partial charge in [0.25, 0.3) is 0 Å². The zero-order valence-corrected chi connectivity index (χ0v) is 9.31. The number of hydrogen-bond acceptors (Lipinski definition) is 2. The molecule has 0 fully saturated rings. The molecule has 0 aliphatic carbocycles. The molecule has 1 rings (SSSR count). The minimum absolute atomic E-state index is 0.779. The van der Waals surface area contributed by atoms with E-state index in [9.17, 15) is 9.59 Å². The van der Waals surface area contributed by atoms with Crippen molar-refractivity contribution in [3.05, 3.63) is 35.9 Å². The third-order valence-electron chi connectivity index (χ3n) is 2.77. The smallest absolute Gasteiger partial charge is 0.316 e. The van der Waals surface area contributed by atoms with E-state index in [2.05, 4.69) is 0 Å². The van der Waals surface area contributed by atoms with Crippen LogP contribution in [0.4, 0.5) is 0 Å². The first-order valence-electron chi connectivity index (χ1n) is 4.95. The molecule has 4 nitrogen and oxygen atoms in total. The lowest BCUT2D eigenvalue weighted by Crippen LogP contribution is -2.43. The molecule has 0 bridgehead atoms. The number of carboxylic acid groups (broad SMARTS) is 1. The molecule has 1 atom stereocenters. The lowest BCUT2D eigenvalue weighted by atomic mass is 9.73. The number of carboxylic acids is 1. The quantitative estimate of drug-likeness (QED) is 0.748. The van der Waals surface area contributed by atoms with Crippen molar-refractivity contribution >= 4 is 11.9 Å². The number of primary amides is 1. The number of carbonyl (C=O) groups excluding carboxylic acids is 1. The number of aliphatic carboxylic acids is 1. The Morgan fingerprint density at radius 2 is 1.75 bits per heavy atom. The van der Waals surface area contributed by atoms with Crippen LogP contribution in [0.15, 0.2) is 30.3 Å². The normalized spacial score (nSPS) is 13.1. The number of hydrogen-bond donors (Lipinski definition) is 2. The highest BCUT2D eigenvalue weighted by molar-refractivity contribution is 5.97. The van der Waals surface area contributed by atoms with Crippen LogP contribution < -0.4 is 5.73 Å². The van der Waals surface area contributed by atoms with Crippen molar-refractivity contribution in [3.8, 4) is 0 Å². The fourth-order valence-electron chi connectivity index (χ4n) is 1.82. The maximum atomic E-state index is 11.2. The van der Waals surface area contributed by atoms with Gasteiger partial charge in [-0.1, -0.05) is 44.2 Å². The van der Waals surface area contributed by atoms with E-state index in [4.69, 9.17) is 10.8 Å². The van der Waals surface area contributed by atoms with E-state index in [1.54, 1.807) is 38.1 Å². The van der Waals surface area contributed by atoms with Crippen molar-refractivity contribution in [2.24, 2.45) is 11.7 Å². The average Bonchev–Trinajstić information content (AvgIpc) is 2.17. The Labute approximate surface area is 94.1 Å². The predicted octanol–water partition coefficient (Wildman–Crippen LogP) is 1.15. The van der Waals surface area contributed by atoms with Crippen molar-refractivity contribution in [2.75, 3.05) is 0 Å². The van der Waals surface area contributed by atoms with Crippen LogP contribution in [0.2, 0.25) is 0 Å². The van der Waals surface area contributed by atoms with Gasteiger partial charge in [-0.05, 0) is 5.56 Å². The van der Waals surface area contributed by atoms with E-state index < -0.39 is 23.2 Å². The van der Waals surface area contributed by atoms with Gasteiger partial charge in [-0.2, -0.15) is 0 Å². The SMILES string of the molecule is CC(C)(c1ccccc1)C(C(N)=O)C(=O)O. The number of rotatable bonds is 4. The van der Waals surface area contributed by atoms with Crippen LogP contribution in [0.5, 0.6) is 0 Å². The molecule has 1 unspecified atom stereocenters. The molecule has 4 heteroatoms. The van der Waals surface area contributed by atoms with Crippen LogP contribution in [0.25, 0.3) is 0 Å². The van der Waals surface area contributed by atoms with E-state index >= 15 is 0 Å². The number of nitrogens with two attached hydrogens (primary N) is 1. The van der Waals surface area contributed by atoms with E-state index in [0.29, 0.717) is 0 Å². The molecule has 86 valence electrons. The first-order valence-corrected chi connectivity index (χ1v) is 4.95. The highest BCUT2D eigenvalue weighted by Crippen LogP contribution is 2.31. The predicted molar refractivity (Wildman–Crippen MR) is 59.8 cm³/mol. The molecule has 3 N–H and O–H groups in total. The largest absolute Gasteiger partial charge is 0.481 e. The number of benzene rings is 1. The van der Waals surface area contributed by atoms with E-state index in [1.165, 1.54) is 0 Å². The molecule has 1 amide bonds. The number of amides is 1. The fraction of sp³-hybridized carbons (Fsp3) is 0.333. The van der Waals surface area contributed by atoms with Gasteiger partial charge in [0.15, 0.2) is 0 Å². The molecule has 0 heterocycles. The van der Waals surface area contributed by atoms with Crippen molar-refractivity contribution in [1.29, 1.82) is 0 Å². The molecular formula is C12H15NO3. The average molecular weight is 221 g/mol. The van der Waals surface area contributed by atoms with Crippen molar-refractivity contribution in [1.82, 2.24) is 0 Å². The maximum Gasteiger partial charge on any atom is 0.316 e. The highest BCUT2D eigenvalue weighted by atomic mass is 16.4. The zero-order valence-electron chi connectivity index (χ0n) is 9.31. The summed E-state index contributed by atoms with van der Waals surface area (Å²) in [7, 11) is 0. The molecule has 1 aromatic rings. The first kappa shape index (κ1) is 12.2. The molecule has 0 aliphatic heterocycles. The van der Waals surface area contributed by atoms with Crippen LogP contribution in [0.1, 0.15) is 19.4 Å². The fourth-order valence-corrected chi connectivity index (χ4v) is 1.82. The van der Waals surface area contributed by atoms with E-state index in [0.717, 1.165) is 5.56 Å². The Balaban J connectivity index is 3.18. The van der Waals surface area contributed by atoms with Gasteiger partial charge >= 0.3 is 5.97 Å². The molecule has 0 saturated carbocycles. The van der Waals surface area contributed by atoms with Crippen molar-refractivity contribution in [2.45, 2.75) is 19.3 Å². The Hall–Kier alpha value is -1.84. The molecule has 0 saturated heterocycles. The molecule has 16 heavy (non-hydrogen) atoms. The molecule has 0 aromatic heterocycles. The maximum absolute atomic E-state index is 11.2. The van der Waals surface area contributed by atoms with E-state index in [1.807, 2.05) is 6.07 Å². The van der Waals surface area contributed by atoms with Crippen LogP contribution >= 0.6 is 0 Å². The third kappa shape index (κ3) is 2.21. The Bertz CT molecular complexity index is 384. The summed E-state index contributed by atoms with van der Waals surface area (Å²) >= 11 is 0. The minimum Gasteiger partial charge on any atom is -0.481 e. The molecule has 1 aromatic carbocycles. The van der Waals surface area contributed by atoms with Gasteiger partial charge in [0.1, 0.15) is 5.92 Å². The van der Waals surface area contributed by atoms with Crippen molar-refractivity contribution in [3.63, 3.8) is 0 Å². The Morgan fingerprint density at radius 1 is 1.25 bits per heavy atom. The molecule has 0 spiro atoms. The summed E-state index contributed by atoms with van der Waals surface area (Å²) in [4.78, 5) is 22.3. The molecule has 0 aliphatic rings. The van der Waals surface area contributed by atoms with Gasteiger partial charge in [0.05, 0.1) is 0 Å². The van der Waals surface area contributed by atoms with Gasteiger partial charge in [-0.25, -0.2) is 0 Å². The summed E-state index contributed by atoms with van der Waals surface area (Å²) in [5, 5.41) is 9.04. The second kappa shape index (κ2) is 4.35. The minimum atomic E-state index is -1.23. The van der Waals surface area contributed by atoms with Gasteiger partial charge in [0, 0.05) is 5.41 Å². The molecular weight excluding hydrogens is 206 g/mol. The monoisotopic (exact) mass is 221 g/mol. The summed E-state index contributed by atoms with van der Waals surface area (Å²) in [6.45, 7) is 3.40. The summed E-state index contributed by atoms with van der Waals surface area (Å²) in [6.07, 6.45) is 0. The number of carbonyl (C=O) groups is 2. The second-order valence-electron chi connectivity index (χ2n) is 4.26. The Kier molecular flexibility index (Phi) is 3.32. The lowest BCUT2D eigenvalue weighted by Gasteiger charge is -2.29. The van der Waals surface area contributed by atoms with Crippen LogP contribution in [-0.4, -0.2) is 17.0 Å². The van der Waals surface area contributed by atoms with Gasteiger partial charge in [0.2, 0.25) is 5.91 Å². The second-order valence-corrected chi connectivity index (χ2v) is 4.26. The topological polar surface area (TPSA) is 80.4 Å². The van der Waals surface area contributed by atoms with Crippen LogP contribution in [-0.2, 0) is 15.0 Å². The van der Waals surface area contributed by atoms with Gasteiger partial charge < -0.3 is 10.8 Å². The van der Waals surface area contributed by atoms with Gasteiger partial charge in [-0.15, -0.1) is 0 Å². The summed E-state index contributed by atoms with van der Waals surface area (Å²) in [5.41, 5.74) is 5.10. The van der Waals surface area contributed by atoms with Gasteiger partial charge in [-0.3, -0.25) is 9.59 Å². The highest BCUT2D eigenvalue weighted by Gasteiger charge is 2.40. The molecule has 0 radical (unpaired) electrons. The Morgan fingerprint density at radius 3 is 2.12 bits per heavy atom. The lowest BCUT2D eigenvalue weighted by molar-refractivity contribution is -0.148. The zero-order chi connectivity index (χ0) is 12.3. The summed E-state index contributed by atoms with van der Waals surface area (Å²) in [6, 6.07) is 9.02. The van der Waals surface area contributed by atoms with E-state index in [-0.39, 0.29) is 0 Å².